The van der Waals surface area contributed by atoms with Crippen LogP contribution in [-0.4, -0.2) is 24.3 Å². The minimum atomic E-state index is 0.686. The first kappa shape index (κ1) is 16.1. The van der Waals surface area contributed by atoms with Crippen molar-refractivity contribution in [3.63, 3.8) is 0 Å². The molecule has 0 saturated heterocycles. The average molecular weight is 368 g/mol. The molecule has 2 aliphatic rings. The van der Waals surface area contributed by atoms with Crippen molar-refractivity contribution >= 4 is 11.6 Å². The molecule has 1 saturated carbocycles. The lowest BCUT2D eigenvalue weighted by molar-refractivity contribution is 0.351. The molecule has 0 unspecified atom stereocenters. The fraction of sp³-hybridized carbons (Fsp3) is 0.450. The van der Waals surface area contributed by atoms with Gasteiger partial charge >= 0.3 is 0 Å². The van der Waals surface area contributed by atoms with Crippen LogP contribution in [0.25, 0.3) is 17.1 Å². The molecule has 26 heavy (non-hydrogen) atoms. The molecule has 0 N–H and O–H groups in total. The van der Waals surface area contributed by atoms with Gasteiger partial charge in [-0.1, -0.05) is 43.7 Å². The molecule has 5 rings (SSSR count). The molecule has 3 heterocycles. The minimum Gasteiger partial charge on any atom is -0.300 e. The molecule has 0 radical (unpaired) electrons. The third-order valence-electron chi connectivity index (χ3n) is 5.75. The van der Waals surface area contributed by atoms with E-state index in [1.54, 1.807) is 0 Å². The number of rotatable bonds is 2. The summed E-state index contributed by atoms with van der Waals surface area (Å²) in [6.07, 6.45) is 9.53. The van der Waals surface area contributed by atoms with E-state index in [4.69, 9.17) is 21.7 Å². The van der Waals surface area contributed by atoms with Gasteiger partial charge in [0.25, 0.3) is 0 Å². The van der Waals surface area contributed by atoms with Crippen molar-refractivity contribution in [3.05, 3.63) is 46.8 Å². The molecule has 2 aromatic heterocycles. The molecule has 6 heteroatoms. The molecule has 0 amide bonds. The molecule has 1 aliphatic carbocycles. The zero-order valence-corrected chi connectivity index (χ0v) is 15.7. The van der Waals surface area contributed by atoms with Crippen LogP contribution in [0, 0.1) is 12.8 Å². The van der Waals surface area contributed by atoms with Crippen LogP contribution in [0.1, 0.15) is 49.3 Å². The van der Waals surface area contributed by atoms with E-state index in [-0.39, 0.29) is 0 Å². The van der Waals surface area contributed by atoms with Crippen LogP contribution >= 0.6 is 11.6 Å². The highest BCUT2D eigenvalue weighted by Crippen LogP contribution is 2.34. The van der Waals surface area contributed by atoms with E-state index < -0.39 is 0 Å². The summed E-state index contributed by atoms with van der Waals surface area (Å²) in [5.41, 5.74) is 4.28. The molecule has 1 aliphatic heterocycles. The van der Waals surface area contributed by atoms with Crippen LogP contribution in [0.4, 0.5) is 0 Å². The van der Waals surface area contributed by atoms with E-state index in [0.717, 1.165) is 46.6 Å². The van der Waals surface area contributed by atoms with Gasteiger partial charge in [-0.05, 0) is 31.0 Å². The number of nitrogens with zero attached hydrogens (tertiary/aromatic N) is 5. The lowest BCUT2D eigenvalue weighted by Crippen LogP contribution is -2.11. The Hall–Kier alpha value is -2.14. The molecule has 5 nitrogen and oxygen atoms in total. The molecule has 3 aromatic rings. The van der Waals surface area contributed by atoms with Crippen LogP contribution < -0.4 is 0 Å². The van der Waals surface area contributed by atoms with Crippen LogP contribution in [-0.2, 0) is 13.0 Å². The lowest BCUT2D eigenvalue weighted by atomic mass is 9.87. The predicted molar refractivity (Wildman–Crippen MR) is 102 cm³/mol. The quantitative estimate of drug-likeness (QED) is 0.521. The van der Waals surface area contributed by atoms with Gasteiger partial charge in [0.05, 0.1) is 29.9 Å². The largest absolute Gasteiger partial charge is 0.300 e. The second-order valence-electron chi connectivity index (χ2n) is 7.53. The van der Waals surface area contributed by atoms with E-state index in [1.165, 1.54) is 32.1 Å². The Bertz CT molecular complexity index is 965. The maximum absolute atomic E-state index is 6.31. The standard InChI is InChI=1S/C20H22ClN5/c1-13-18-11-26-20(23-19(24-26)9-14-5-3-2-4-6-14)16-10-15(21)7-8-17(16)25(18)12-22-13/h7-8,10,12,14H,2-6,9,11H2,1H3. The number of aromatic nitrogens is 5. The van der Waals surface area contributed by atoms with Crippen LogP contribution in [0.2, 0.25) is 5.02 Å². The topological polar surface area (TPSA) is 48.5 Å². The van der Waals surface area contributed by atoms with Crippen molar-refractivity contribution < 1.29 is 0 Å². The highest BCUT2D eigenvalue weighted by Gasteiger charge is 2.25. The summed E-state index contributed by atoms with van der Waals surface area (Å²) in [7, 11) is 0. The summed E-state index contributed by atoms with van der Waals surface area (Å²) in [4.78, 5) is 9.44. The lowest BCUT2D eigenvalue weighted by Gasteiger charge is -2.19. The van der Waals surface area contributed by atoms with Gasteiger partial charge in [0.2, 0.25) is 0 Å². The van der Waals surface area contributed by atoms with Crippen LogP contribution in [0.15, 0.2) is 24.5 Å². The number of hydrogen-bond acceptors (Lipinski definition) is 3. The van der Waals surface area contributed by atoms with E-state index in [0.29, 0.717) is 11.6 Å². The second kappa shape index (κ2) is 6.23. The summed E-state index contributed by atoms with van der Waals surface area (Å²) in [5.74, 6) is 2.60. The summed E-state index contributed by atoms with van der Waals surface area (Å²) < 4.78 is 4.17. The van der Waals surface area contributed by atoms with Crippen LogP contribution in [0.3, 0.4) is 0 Å². The first-order chi connectivity index (χ1) is 12.7. The summed E-state index contributed by atoms with van der Waals surface area (Å²) in [5, 5.41) is 5.59. The summed E-state index contributed by atoms with van der Waals surface area (Å²) in [6, 6.07) is 5.97. The molecule has 0 atom stereocenters. The maximum Gasteiger partial charge on any atom is 0.160 e. The molecular formula is C20H22ClN5. The third-order valence-corrected chi connectivity index (χ3v) is 5.98. The Balaban J connectivity index is 1.60. The van der Waals surface area contributed by atoms with E-state index >= 15 is 0 Å². The molecular weight excluding hydrogens is 346 g/mol. The number of halogens is 1. The van der Waals surface area contributed by atoms with E-state index in [2.05, 4.69) is 9.55 Å². The summed E-state index contributed by atoms with van der Waals surface area (Å²) >= 11 is 6.31. The van der Waals surface area contributed by atoms with Gasteiger partial charge in [0, 0.05) is 17.0 Å². The van der Waals surface area contributed by atoms with Crippen molar-refractivity contribution in [2.75, 3.05) is 0 Å². The predicted octanol–water partition coefficient (Wildman–Crippen LogP) is 4.58. The second-order valence-corrected chi connectivity index (χ2v) is 7.96. The number of fused-ring (bicyclic) bond motifs is 5. The fourth-order valence-electron chi connectivity index (χ4n) is 4.33. The zero-order chi connectivity index (χ0) is 17.7. The van der Waals surface area contributed by atoms with Crippen molar-refractivity contribution in [1.29, 1.82) is 0 Å². The highest BCUT2D eigenvalue weighted by atomic mass is 35.5. The van der Waals surface area contributed by atoms with E-state index in [9.17, 15) is 0 Å². The normalized spacial score (nSPS) is 16.7. The van der Waals surface area contributed by atoms with Crippen molar-refractivity contribution in [2.24, 2.45) is 5.92 Å². The number of imidazole rings is 1. The molecule has 134 valence electrons. The third kappa shape index (κ3) is 2.65. The van der Waals surface area contributed by atoms with Crippen molar-refractivity contribution in [3.8, 4) is 17.1 Å². The van der Waals surface area contributed by atoms with Gasteiger partial charge in [-0.15, -0.1) is 0 Å². The number of benzene rings is 1. The number of aryl methyl sites for hydroxylation is 1. The Morgan fingerprint density at radius 1 is 1.19 bits per heavy atom. The first-order valence-electron chi connectivity index (χ1n) is 9.46. The van der Waals surface area contributed by atoms with Gasteiger partial charge in [-0.25, -0.2) is 14.6 Å². The van der Waals surface area contributed by atoms with Crippen molar-refractivity contribution in [1.82, 2.24) is 24.3 Å². The Morgan fingerprint density at radius 3 is 2.88 bits per heavy atom. The SMILES string of the molecule is Cc1ncn2c1Cn1nc(CC3CCCCC3)nc1-c1cc(Cl)ccc1-2. The minimum absolute atomic E-state index is 0.686. The van der Waals surface area contributed by atoms with Crippen molar-refractivity contribution in [2.45, 2.75) is 52.0 Å². The number of hydrogen-bond donors (Lipinski definition) is 0. The van der Waals surface area contributed by atoms with Gasteiger partial charge in [0.1, 0.15) is 0 Å². The smallest absolute Gasteiger partial charge is 0.160 e. The Kier molecular flexibility index (Phi) is 3.85. The molecule has 1 fully saturated rings. The zero-order valence-electron chi connectivity index (χ0n) is 15.0. The fourth-order valence-corrected chi connectivity index (χ4v) is 4.51. The summed E-state index contributed by atoms with van der Waals surface area (Å²) in [6.45, 7) is 2.73. The van der Waals surface area contributed by atoms with Gasteiger partial charge < -0.3 is 4.57 Å². The maximum atomic E-state index is 6.31. The molecule has 0 spiro atoms. The van der Waals surface area contributed by atoms with Gasteiger partial charge in [-0.3, -0.25) is 0 Å². The first-order valence-corrected chi connectivity index (χ1v) is 9.83. The van der Waals surface area contributed by atoms with Crippen LogP contribution in [0.5, 0.6) is 0 Å². The highest BCUT2D eigenvalue weighted by molar-refractivity contribution is 6.31. The average Bonchev–Trinajstić information content (AvgIpc) is 3.17. The monoisotopic (exact) mass is 367 g/mol. The van der Waals surface area contributed by atoms with Gasteiger partial charge in [-0.2, -0.15) is 5.10 Å². The van der Waals surface area contributed by atoms with Gasteiger partial charge in [0.15, 0.2) is 11.6 Å². The molecule has 1 aromatic carbocycles. The Labute approximate surface area is 158 Å². The molecule has 0 bridgehead atoms. The van der Waals surface area contributed by atoms with E-state index in [1.807, 2.05) is 36.1 Å². The Morgan fingerprint density at radius 2 is 2.04 bits per heavy atom.